The Balaban J connectivity index is 2.92. The number of nitrogens with one attached hydrogen (secondary N) is 1. The predicted molar refractivity (Wildman–Crippen MR) is 76.6 cm³/mol. The molecule has 0 aliphatic heterocycles. The van der Waals surface area contributed by atoms with Gasteiger partial charge >= 0.3 is 0 Å². The third-order valence-corrected chi connectivity index (χ3v) is 3.06. The van der Waals surface area contributed by atoms with Crippen molar-refractivity contribution in [1.82, 2.24) is 4.90 Å². The Hall–Kier alpha value is -1.59. The zero-order chi connectivity index (χ0) is 14.4. The first-order valence-corrected chi connectivity index (χ1v) is 6.35. The Bertz CT molecular complexity index is 433. The smallest absolute Gasteiger partial charge is 0.130 e. The summed E-state index contributed by atoms with van der Waals surface area (Å²) in [5.41, 5.74) is 7.17. The molecule has 0 aliphatic carbocycles. The van der Waals surface area contributed by atoms with Crippen LogP contribution in [0.2, 0.25) is 0 Å². The van der Waals surface area contributed by atoms with Crippen molar-refractivity contribution < 1.29 is 9.84 Å². The molecule has 0 fully saturated rings. The summed E-state index contributed by atoms with van der Waals surface area (Å²) >= 11 is 0. The van der Waals surface area contributed by atoms with Crippen LogP contribution in [-0.2, 0) is 6.54 Å². The first-order chi connectivity index (χ1) is 8.99. The predicted octanol–water partition coefficient (Wildman–Crippen LogP) is 1.18. The summed E-state index contributed by atoms with van der Waals surface area (Å²) < 4.78 is 5.26. The minimum atomic E-state index is -0.000487. The fourth-order valence-corrected chi connectivity index (χ4v) is 1.94. The number of rotatable bonds is 7. The van der Waals surface area contributed by atoms with Crippen molar-refractivity contribution in [1.29, 1.82) is 5.41 Å². The van der Waals surface area contributed by atoms with Gasteiger partial charge in [0.1, 0.15) is 11.6 Å². The standard InChI is InChI=1S/C14H23N3O2/c1-10(2)17(6-7-18)9-11-4-5-12(14(15)16)13(8-11)19-3/h4-5,8,10,18H,6-7,9H2,1-3H3,(H3,15,16). The maximum atomic E-state index is 9.07. The van der Waals surface area contributed by atoms with E-state index < -0.39 is 0 Å². The number of nitrogens with two attached hydrogens (primary N) is 1. The summed E-state index contributed by atoms with van der Waals surface area (Å²) in [6, 6.07) is 5.98. The maximum absolute atomic E-state index is 9.07. The number of aliphatic hydroxyl groups excluding tert-OH is 1. The van der Waals surface area contributed by atoms with Gasteiger partial charge in [-0.05, 0) is 31.5 Å². The lowest BCUT2D eigenvalue weighted by molar-refractivity contribution is 0.159. The quantitative estimate of drug-likeness (QED) is 0.511. The van der Waals surface area contributed by atoms with Crippen molar-refractivity contribution in [2.75, 3.05) is 20.3 Å². The molecule has 106 valence electrons. The third kappa shape index (κ3) is 4.22. The van der Waals surface area contributed by atoms with Crippen LogP contribution in [0, 0.1) is 5.41 Å². The van der Waals surface area contributed by atoms with Crippen LogP contribution < -0.4 is 10.5 Å². The minimum Gasteiger partial charge on any atom is -0.496 e. The molecule has 0 atom stereocenters. The van der Waals surface area contributed by atoms with Crippen molar-refractivity contribution in [2.24, 2.45) is 5.73 Å². The molecule has 19 heavy (non-hydrogen) atoms. The average Bonchev–Trinajstić information content (AvgIpc) is 2.37. The molecule has 0 bridgehead atoms. The van der Waals surface area contributed by atoms with Crippen LogP contribution in [-0.4, -0.2) is 42.1 Å². The summed E-state index contributed by atoms with van der Waals surface area (Å²) in [4.78, 5) is 2.17. The first-order valence-electron chi connectivity index (χ1n) is 6.35. The highest BCUT2D eigenvalue weighted by Gasteiger charge is 2.12. The SMILES string of the molecule is COc1cc(CN(CCO)C(C)C)ccc1C(=N)N. The third-order valence-electron chi connectivity index (χ3n) is 3.06. The number of hydrogen-bond donors (Lipinski definition) is 3. The van der Waals surface area contributed by atoms with Gasteiger partial charge in [0.25, 0.3) is 0 Å². The van der Waals surface area contributed by atoms with Gasteiger partial charge in [0.2, 0.25) is 0 Å². The van der Waals surface area contributed by atoms with E-state index in [1.165, 1.54) is 0 Å². The lowest BCUT2D eigenvalue weighted by atomic mass is 10.1. The Labute approximate surface area is 114 Å². The number of ether oxygens (including phenoxy) is 1. The number of hydrogen-bond acceptors (Lipinski definition) is 4. The lowest BCUT2D eigenvalue weighted by Crippen LogP contribution is -2.32. The van der Waals surface area contributed by atoms with Gasteiger partial charge in [-0.2, -0.15) is 0 Å². The van der Waals surface area contributed by atoms with Gasteiger partial charge in [0.05, 0.1) is 19.3 Å². The van der Waals surface area contributed by atoms with Crippen LogP contribution in [0.25, 0.3) is 0 Å². The van der Waals surface area contributed by atoms with Crippen molar-refractivity contribution in [3.8, 4) is 5.75 Å². The fraction of sp³-hybridized carbons (Fsp3) is 0.500. The Kier molecular flexibility index (Phi) is 5.79. The molecule has 0 heterocycles. The number of benzene rings is 1. The minimum absolute atomic E-state index is 0.000487. The van der Waals surface area contributed by atoms with E-state index >= 15 is 0 Å². The Morgan fingerprint density at radius 3 is 2.63 bits per heavy atom. The molecular formula is C14H23N3O2. The molecule has 1 aromatic carbocycles. The molecule has 5 heteroatoms. The highest BCUT2D eigenvalue weighted by atomic mass is 16.5. The van der Waals surface area contributed by atoms with Gasteiger partial charge in [-0.25, -0.2) is 0 Å². The van der Waals surface area contributed by atoms with E-state index in [2.05, 4.69) is 18.7 Å². The molecule has 0 aliphatic rings. The molecule has 0 saturated carbocycles. The average molecular weight is 265 g/mol. The van der Waals surface area contributed by atoms with Crippen LogP contribution in [0.5, 0.6) is 5.75 Å². The highest BCUT2D eigenvalue weighted by molar-refractivity contribution is 5.97. The molecule has 0 aromatic heterocycles. The monoisotopic (exact) mass is 265 g/mol. The number of nitrogens with zero attached hydrogens (tertiary/aromatic N) is 1. The maximum Gasteiger partial charge on any atom is 0.130 e. The summed E-state index contributed by atoms with van der Waals surface area (Å²) in [6.07, 6.45) is 0. The van der Waals surface area contributed by atoms with Crippen molar-refractivity contribution in [2.45, 2.75) is 26.4 Å². The van der Waals surface area contributed by atoms with Gasteiger partial charge in [-0.15, -0.1) is 0 Å². The van der Waals surface area contributed by atoms with Crippen LogP contribution in [0.4, 0.5) is 0 Å². The number of nitrogen functional groups attached to an aromatic ring is 1. The first kappa shape index (κ1) is 15.5. The molecule has 1 rings (SSSR count). The fourth-order valence-electron chi connectivity index (χ4n) is 1.94. The molecule has 1 aromatic rings. The Morgan fingerprint density at radius 2 is 2.16 bits per heavy atom. The van der Waals surface area contributed by atoms with Crippen LogP contribution in [0.15, 0.2) is 18.2 Å². The molecule has 4 N–H and O–H groups in total. The van der Waals surface area contributed by atoms with E-state index in [4.69, 9.17) is 21.0 Å². The molecule has 0 unspecified atom stereocenters. The molecule has 5 nitrogen and oxygen atoms in total. The van der Waals surface area contributed by atoms with Crippen LogP contribution in [0.1, 0.15) is 25.0 Å². The number of amidine groups is 1. The normalized spacial score (nSPS) is 11.1. The molecule has 0 radical (unpaired) electrons. The van der Waals surface area contributed by atoms with Crippen molar-refractivity contribution >= 4 is 5.84 Å². The summed E-state index contributed by atoms with van der Waals surface area (Å²) in [6.45, 7) is 5.69. The topological polar surface area (TPSA) is 82.6 Å². The summed E-state index contributed by atoms with van der Waals surface area (Å²) in [7, 11) is 1.57. The van der Waals surface area contributed by atoms with E-state index in [9.17, 15) is 0 Å². The summed E-state index contributed by atoms with van der Waals surface area (Å²) in [5.74, 6) is 0.608. The second-order valence-corrected chi connectivity index (χ2v) is 4.74. The second kappa shape index (κ2) is 7.11. The number of methoxy groups -OCH3 is 1. The van der Waals surface area contributed by atoms with Crippen molar-refractivity contribution in [3.63, 3.8) is 0 Å². The van der Waals surface area contributed by atoms with Gasteiger partial charge in [-0.1, -0.05) is 6.07 Å². The second-order valence-electron chi connectivity index (χ2n) is 4.74. The number of aliphatic hydroxyl groups is 1. The largest absolute Gasteiger partial charge is 0.496 e. The van der Waals surface area contributed by atoms with E-state index in [-0.39, 0.29) is 12.4 Å². The molecule has 0 spiro atoms. The van der Waals surface area contributed by atoms with Crippen molar-refractivity contribution in [3.05, 3.63) is 29.3 Å². The molecule has 0 saturated heterocycles. The Morgan fingerprint density at radius 1 is 1.47 bits per heavy atom. The highest BCUT2D eigenvalue weighted by Crippen LogP contribution is 2.21. The lowest BCUT2D eigenvalue weighted by Gasteiger charge is -2.25. The van der Waals surface area contributed by atoms with E-state index in [0.717, 1.165) is 12.1 Å². The van der Waals surface area contributed by atoms with Gasteiger partial charge in [0.15, 0.2) is 0 Å². The van der Waals surface area contributed by atoms with Gasteiger partial charge < -0.3 is 15.6 Å². The summed E-state index contributed by atoms with van der Waals surface area (Å²) in [5, 5.41) is 16.6. The zero-order valence-corrected chi connectivity index (χ0v) is 11.8. The molecular weight excluding hydrogens is 242 g/mol. The van der Waals surface area contributed by atoms with Gasteiger partial charge in [-0.3, -0.25) is 10.3 Å². The van der Waals surface area contributed by atoms with E-state index in [1.54, 1.807) is 13.2 Å². The van der Waals surface area contributed by atoms with Crippen LogP contribution >= 0.6 is 0 Å². The van der Waals surface area contributed by atoms with E-state index in [0.29, 0.717) is 23.9 Å². The zero-order valence-electron chi connectivity index (χ0n) is 11.8. The van der Waals surface area contributed by atoms with E-state index in [1.807, 2.05) is 12.1 Å². The van der Waals surface area contributed by atoms with Crippen LogP contribution in [0.3, 0.4) is 0 Å². The van der Waals surface area contributed by atoms with Gasteiger partial charge in [0, 0.05) is 19.1 Å². The molecule has 0 amide bonds.